The maximum atomic E-state index is 4.33. The molecule has 0 amide bonds. The quantitative estimate of drug-likeness (QED) is 0.203. The molecule has 0 fully saturated rings. The Hall–Kier alpha value is -6.39. The van der Waals surface area contributed by atoms with E-state index >= 15 is 0 Å². The Balaban J connectivity index is 1.19. The molecule has 4 heteroatoms. The molecule has 1 atom stereocenters. The molecule has 1 aliphatic carbocycles. The second-order valence-corrected chi connectivity index (χ2v) is 13.2. The summed E-state index contributed by atoms with van der Waals surface area (Å²) in [5.41, 5.74) is 15.9. The highest BCUT2D eigenvalue weighted by Gasteiger charge is 2.36. The van der Waals surface area contributed by atoms with Gasteiger partial charge in [-0.05, 0) is 94.9 Å². The summed E-state index contributed by atoms with van der Waals surface area (Å²) in [6, 6.07) is 46.6. The van der Waals surface area contributed by atoms with Gasteiger partial charge in [-0.2, -0.15) is 0 Å². The van der Waals surface area contributed by atoms with Crippen LogP contribution in [0.15, 0.2) is 170 Å². The molecule has 0 radical (unpaired) electrons. The van der Waals surface area contributed by atoms with E-state index in [2.05, 4.69) is 171 Å². The molecule has 2 aliphatic heterocycles. The van der Waals surface area contributed by atoms with E-state index in [0.29, 0.717) is 6.54 Å². The van der Waals surface area contributed by atoms with Crippen molar-refractivity contribution >= 4 is 50.1 Å². The molecule has 3 aliphatic rings. The van der Waals surface area contributed by atoms with Crippen molar-refractivity contribution in [2.24, 2.45) is 0 Å². The number of benzene rings is 5. The number of nitrogens with one attached hydrogen (secondary N) is 1. The molecule has 50 heavy (non-hydrogen) atoms. The van der Waals surface area contributed by atoms with Crippen LogP contribution in [0.2, 0.25) is 0 Å². The van der Waals surface area contributed by atoms with E-state index in [1.165, 1.54) is 72.3 Å². The Labute approximate surface area is 291 Å². The van der Waals surface area contributed by atoms with E-state index in [0.717, 1.165) is 17.7 Å². The topological polar surface area (TPSA) is 33.1 Å². The SMILES string of the molecule is C1=CCC2C(=C1)c1cc3c4ccccc4n(C4=CC=C(c5cccnc5)NC4)c3cc1N2c1cc(-c2ccccc2)cc(-c2ccccc2)c1. The van der Waals surface area contributed by atoms with Crippen molar-refractivity contribution in [3.05, 3.63) is 181 Å². The van der Waals surface area contributed by atoms with E-state index in [1.807, 2.05) is 18.5 Å². The molecule has 0 bridgehead atoms. The number of nitrogens with zero attached hydrogens (tertiary/aromatic N) is 3. The van der Waals surface area contributed by atoms with Crippen LogP contribution in [0, 0.1) is 0 Å². The molecule has 0 saturated carbocycles. The number of rotatable bonds is 5. The summed E-state index contributed by atoms with van der Waals surface area (Å²) in [5.74, 6) is 0. The van der Waals surface area contributed by atoms with Crippen molar-refractivity contribution in [2.75, 3.05) is 11.4 Å². The Kier molecular flexibility index (Phi) is 6.66. The van der Waals surface area contributed by atoms with Crippen molar-refractivity contribution in [3.63, 3.8) is 0 Å². The largest absolute Gasteiger partial charge is 0.379 e. The average Bonchev–Trinajstić information content (AvgIpc) is 3.70. The lowest BCUT2D eigenvalue weighted by Gasteiger charge is -2.29. The molecule has 1 N–H and O–H groups in total. The zero-order valence-corrected chi connectivity index (χ0v) is 27.5. The highest BCUT2D eigenvalue weighted by atomic mass is 15.2. The molecular formula is C46H34N4. The minimum Gasteiger partial charge on any atom is -0.379 e. The number of aromatic nitrogens is 2. The number of anilines is 2. The minimum absolute atomic E-state index is 0.219. The Morgan fingerprint density at radius 2 is 1.36 bits per heavy atom. The molecule has 7 aromatic rings. The fraction of sp³-hybridized carbons (Fsp3) is 0.0652. The molecule has 0 saturated heterocycles. The van der Waals surface area contributed by atoms with Crippen molar-refractivity contribution < 1.29 is 0 Å². The van der Waals surface area contributed by atoms with E-state index in [4.69, 9.17) is 0 Å². The van der Waals surface area contributed by atoms with Gasteiger partial charge in [0.2, 0.25) is 0 Å². The predicted octanol–water partition coefficient (Wildman–Crippen LogP) is 10.9. The zero-order valence-electron chi connectivity index (χ0n) is 27.5. The first-order valence-electron chi connectivity index (χ1n) is 17.4. The first-order valence-corrected chi connectivity index (χ1v) is 17.4. The van der Waals surface area contributed by atoms with Gasteiger partial charge in [0.25, 0.3) is 0 Å². The molecule has 0 spiro atoms. The third-order valence-corrected chi connectivity index (χ3v) is 10.4. The molecule has 1 unspecified atom stereocenters. The lowest BCUT2D eigenvalue weighted by Crippen LogP contribution is -2.27. The van der Waals surface area contributed by atoms with Crippen molar-refractivity contribution in [1.29, 1.82) is 0 Å². The van der Waals surface area contributed by atoms with Gasteiger partial charge in [-0.25, -0.2) is 0 Å². The van der Waals surface area contributed by atoms with Gasteiger partial charge in [-0.1, -0.05) is 97.1 Å². The third kappa shape index (κ3) is 4.64. The van der Waals surface area contributed by atoms with Crippen molar-refractivity contribution in [1.82, 2.24) is 14.9 Å². The Morgan fingerprint density at radius 3 is 2.08 bits per heavy atom. The molecule has 4 heterocycles. The van der Waals surface area contributed by atoms with Crippen molar-refractivity contribution in [3.8, 4) is 22.3 Å². The van der Waals surface area contributed by atoms with Gasteiger partial charge < -0.3 is 14.8 Å². The zero-order chi connectivity index (χ0) is 33.0. The maximum Gasteiger partial charge on any atom is 0.0632 e. The lowest BCUT2D eigenvalue weighted by molar-refractivity contribution is 0.830. The van der Waals surface area contributed by atoms with Gasteiger partial charge in [-0.3, -0.25) is 4.98 Å². The number of hydrogen-bond donors (Lipinski definition) is 1. The summed E-state index contributed by atoms with van der Waals surface area (Å²) in [7, 11) is 0. The van der Waals surface area contributed by atoms with Crippen LogP contribution in [-0.4, -0.2) is 22.1 Å². The highest BCUT2D eigenvalue weighted by molar-refractivity contribution is 6.14. The van der Waals surface area contributed by atoms with Gasteiger partial charge in [0.05, 0.1) is 29.3 Å². The molecule has 238 valence electrons. The van der Waals surface area contributed by atoms with Crippen LogP contribution in [-0.2, 0) is 0 Å². The summed E-state index contributed by atoms with van der Waals surface area (Å²) in [6.07, 6.45) is 16.0. The molecule has 10 rings (SSSR count). The van der Waals surface area contributed by atoms with Crippen molar-refractivity contribution in [2.45, 2.75) is 12.5 Å². The predicted molar refractivity (Wildman–Crippen MR) is 209 cm³/mol. The summed E-state index contributed by atoms with van der Waals surface area (Å²) in [5, 5.41) is 6.23. The van der Waals surface area contributed by atoms with Gasteiger partial charge in [0.15, 0.2) is 0 Å². The number of para-hydroxylation sites is 1. The van der Waals surface area contributed by atoms with Crippen LogP contribution in [0.3, 0.4) is 0 Å². The summed E-state index contributed by atoms with van der Waals surface area (Å²) in [6.45, 7) is 0.715. The fourth-order valence-electron chi connectivity index (χ4n) is 8.06. The van der Waals surface area contributed by atoms with Crippen LogP contribution >= 0.6 is 0 Å². The van der Waals surface area contributed by atoms with E-state index in [-0.39, 0.29) is 6.04 Å². The number of hydrogen-bond acceptors (Lipinski definition) is 3. The number of pyridine rings is 1. The second-order valence-electron chi connectivity index (χ2n) is 13.2. The molecule has 5 aromatic carbocycles. The average molecular weight is 643 g/mol. The monoisotopic (exact) mass is 642 g/mol. The highest BCUT2D eigenvalue weighted by Crippen LogP contribution is 2.51. The van der Waals surface area contributed by atoms with Gasteiger partial charge >= 0.3 is 0 Å². The van der Waals surface area contributed by atoms with Gasteiger partial charge in [0, 0.05) is 51.4 Å². The van der Waals surface area contributed by atoms with Crippen LogP contribution in [0.1, 0.15) is 17.5 Å². The first-order chi connectivity index (χ1) is 24.8. The fourth-order valence-corrected chi connectivity index (χ4v) is 8.06. The third-order valence-electron chi connectivity index (χ3n) is 10.4. The lowest BCUT2D eigenvalue weighted by atomic mass is 9.94. The maximum absolute atomic E-state index is 4.33. The second kappa shape index (κ2) is 11.6. The van der Waals surface area contributed by atoms with Gasteiger partial charge in [-0.15, -0.1) is 0 Å². The molecule has 4 nitrogen and oxygen atoms in total. The number of allylic oxidation sites excluding steroid dienone is 4. The van der Waals surface area contributed by atoms with Gasteiger partial charge in [0.1, 0.15) is 0 Å². The van der Waals surface area contributed by atoms with E-state index < -0.39 is 0 Å². The summed E-state index contributed by atoms with van der Waals surface area (Å²) < 4.78 is 2.46. The van der Waals surface area contributed by atoms with E-state index in [9.17, 15) is 0 Å². The minimum atomic E-state index is 0.219. The van der Waals surface area contributed by atoms with Crippen LogP contribution < -0.4 is 10.2 Å². The van der Waals surface area contributed by atoms with Crippen LogP contribution in [0.4, 0.5) is 11.4 Å². The van der Waals surface area contributed by atoms with Crippen LogP contribution in [0.25, 0.3) is 61.0 Å². The van der Waals surface area contributed by atoms with E-state index in [1.54, 1.807) is 0 Å². The first kappa shape index (κ1) is 28.6. The molecule has 2 aromatic heterocycles. The smallest absolute Gasteiger partial charge is 0.0632 e. The Bertz CT molecular complexity index is 2500. The summed E-state index contributed by atoms with van der Waals surface area (Å²) in [4.78, 5) is 6.93. The Morgan fingerprint density at radius 1 is 0.620 bits per heavy atom. The number of dihydropyridines is 1. The van der Waals surface area contributed by atoms with Crippen LogP contribution in [0.5, 0.6) is 0 Å². The standard InChI is InChI=1S/C46H34N4/c1-3-12-31(13-4-1)34-24-35(32-14-5-2-6-15-32)26-37(25-34)50-44-20-10-8-18-39(44)41-27-40-38-17-7-9-19-43(38)49(45(40)28-46(41)50)36-21-22-42(48-30-36)33-16-11-23-47-29-33/h1-19,21-29,44,48H,20,30H2. The summed E-state index contributed by atoms with van der Waals surface area (Å²) >= 11 is 0. The number of fused-ring (bicyclic) bond motifs is 6. The normalized spacial score (nSPS) is 16.4. The molecular weight excluding hydrogens is 609 g/mol.